The minimum Gasteiger partial charge on any atom is -0.452 e. The lowest BCUT2D eigenvalue weighted by molar-refractivity contribution is -0.136. The lowest BCUT2D eigenvalue weighted by Gasteiger charge is -2.26. The van der Waals surface area contributed by atoms with E-state index in [-0.39, 0.29) is 23.5 Å². The number of likely N-dealkylation sites (N-methyl/N-ethyl adjacent to an activating group) is 1. The number of nitrogens with zero attached hydrogens (tertiary/aromatic N) is 1. The molecule has 0 radical (unpaired) electrons. The van der Waals surface area contributed by atoms with Gasteiger partial charge in [-0.3, -0.25) is 4.79 Å². The first kappa shape index (κ1) is 23.3. The zero-order valence-electron chi connectivity index (χ0n) is 18.1. The molecule has 7 nitrogen and oxygen atoms in total. The summed E-state index contributed by atoms with van der Waals surface area (Å²) in [5, 5.41) is 3.31. The van der Waals surface area contributed by atoms with Crippen LogP contribution in [0.5, 0.6) is 0 Å². The van der Waals surface area contributed by atoms with Crippen molar-refractivity contribution in [2.24, 2.45) is 0 Å². The van der Waals surface area contributed by atoms with Crippen molar-refractivity contribution < 1.29 is 22.7 Å². The molecule has 1 aromatic rings. The fourth-order valence-electron chi connectivity index (χ4n) is 4.25. The largest absolute Gasteiger partial charge is 0.452 e. The maximum atomic E-state index is 12.6. The van der Waals surface area contributed by atoms with Crippen LogP contribution in [0.1, 0.15) is 55.8 Å². The Labute approximate surface area is 184 Å². The summed E-state index contributed by atoms with van der Waals surface area (Å²) in [6.07, 6.45) is 8.47. The number of carbonyl (C=O) groups is 2. The maximum Gasteiger partial charge on any atom is 0.340 e. The van der Waals surface area contributed by atoms with Gasteiger partial charge in [-0.05, 0) is 57.6 Å². The van der Waals surface area contributed by atoms with Crippen LogP contribution in [-0.2, 0) is 19.4 Å². The van der Waals surface area contributed by atoms with Gasteiger partial charge in [0.25, 0.3) is 5.91 Å². The third-order valence-corrected chi connectivity index (χ3v) is 7.68. The molecule has 1 unspecified atom stereocenters. The molecular formula is C23H32N2O5S. The second-order valence-corrected chi connectivity index (χ2v) is 10.4. The van der Waals surface area contributed by atoms with Crippen molar-refractivity contribution in [3.63, 3.8) is 0 Å². The Morgan fingerprint density at radius 1 is 1.23 bits per heavy atom. The summed E-state index contributed by atoms with van der Waals surface area (Å²) in [6.45, 7) is 2.51. The summed E-state index contributed by atoms with van der Waals surface area (Å²) in [4.78, 5) is 26.7. The molecule has 1 amide bonds. The Kier molecular flexibility index (Phi) is 8.12. The van der Waals surface area contributed by atoms with Crippen LogP contribution >= 0.6 is 0 Å². The Hall–Kier alpha value is -2.35. The third-order valence-electron chi connectivity index (χ3n) is 5.93. The number of carbonyl (C=O) groups excluding carboxylic acids is 2. The van der Waals surface area contributed by atoms with Crippen LogP contribution in [0.25, 0.3) is 0 Å². The van der Waals surface area contributed by atoms with Crippen LogP contribution in [0.4, 0.5) is 5.69 Å². The number of benzene rings is 1. The Morgan fingerprint density at radius 2 is 2.03 bits per heavy atom. The van der Waals surface area contributed by atoms with Crippen LogP contribution in [0.3, 0.4) is 0 Å². The zero-order valence-corrected chi connectivity index (χ0v) is 19.0. The van der Waals surface area contributed by atoms with Crippen molar-refractivity contribution in [3.05, 3.63) is 41.5 Å². The van der Waals surface area contributed by atoms with Crippen molar-refractivity contribution in [2.45, 2.75) is 51.5 Å². The molecule has 0 bridgehead atoms. The normalized spacial score (nSPS) is 20.0. The van der Waals surface area contributed by atoms with Gasteiger partial charge in [-0.2, -0.15) is 0 Å². The minimum absolute atomic E-state index is 0.0241. The van der Waals surface area contributed by atoms with Gasteiger partial charge in [-0.1, -0.05) is 23.8 Å². The van der Waals surface area contributed by atoms with Gasteiger partial charge in [-0.25, -0.2) is 13.2 Å². The van der Waals surface area contributed by atoms with Crippen molar-refractivity contribution in [1.82, 2.24) is 4.90 Å². The first-order chi connectivity index (χ1) is 14.9. The fraction of sp³-hybridized carbons (Fsp3) is 0.565. The molecular weight excluding hydrogens is 416 g/mol. The number of ether oxygens (including phenoxy) is 1. The van der Waals surface area contributed by atoms with Gasteiger partial charge in [0.05, 0.1) is 17.1 Å². The highest BCUT2D eigenvalue weighted by Crippen LogP contribution is 2.22. The maximum absolute atomic E-state index is 12.6. The molecule has 2 aliphatic rings. The minimum atomic E-state index is -3.10. The highest BCUT2D eigenvalue weighted by molar-refractivity contribution is 7.91. The molecule has 31 heavy (non-hydrogen) atoms. The standard InChI is InChI=1S/C23H32N2O5S/c1-2-25(19-13-15-31(28,29)17-19)22(26)16-30-23(27)20-10-6-7-11-21(20)24-14-12-18-8-4-3-5-9-18/h6-8,10-11,19,24H,2-5,9,12-17H2,1H3. The predicted octanol–water partition coefficient (Wildman–Crippen LogP) is 3.18. The topological polar surface area (TPSA) is 92.8 Å². The number of rotatable bonds is 9. The van der Waals surface area contributed by atoms with Gasteiger partial charge in [0.1, 0.15) is 0 Å². The summed E-state index contributed by atoms with van der Waals surface area (Å²) in [5.41, 5.74) is 2.53. The summed E-state index contributed by atoms with van der Waals surface area (Å²) < 4.78 is 28.7. The lowest BCUT2D eigenvalue weighted by Crippen LogP contribution is -2.43. The van der Waals surface area contributed by atoms with Crippen molar-refractivity contribution >= 4 is 27.4 Å². The fourth-order valence-corrected chi connectivity index (χ4v) is 5.98. The number of amides is 1. The number of allylic oxidation sites excluding steroid dienone is 1. The highest BCUT2D eigenvalue weighted by Gasteiger charge is 2.34. The summed E-state index contributed by atoms with van der Waals surface area (Å²) in [6, 6.07) is 6.77. The van der Waals surface area contributed by atoms with Gasteiger partial charge in [0.15, 0.2) is 16.4 Å². The monoisotopic (exact) mass is 448 g/mol. The molecule has 1 N–H and O–H groups in total. The van der Waals surface area contributed by atoms with E-state index in [0.717, 1.165) is 25.8 Å². The van der Waals surface area contributed by atoms with E-state index in [9.17, 15) is 18.0 Å². The quantitative estimate of drug-likeness (QED) is 0.461. The average molecular weight is 449 g/mol. The molecule has 0 saturated carbocycles. The molecule has 1 aliphatic heterocycles. The molecule has 1 atom stereocenters. The van der Waals surface area contributed by atoms with Crippen LogP contribution in [0.15, 0.2) is 35.9 Å². The molecule has 1 saturated heterocycles. The molecule has 1 fully saturated rings. The lowest BCUT2D eigenvalue weighted by atomic mass is 9.97. The molecule has 170 valence electrons. The van der Waals surface area contributed by atoms with E-state index in [2.05, 4.69) is 11.4 Å². The van der Waals surface area contributed by atoms with Crippen LogP contribution in [0.2, 0.25) is 0 Å². The number of anilines is 1. The van der Waals surface area contributed by atoms with E-state index in [1.807, 2.05) is 12.1 Å². The number of para-hydroxylation sites is 1. The van der Waals surface area contributed by atoms with Gasteiger partial charge in [0, 0.05) is 24.8 Å². The molecule has 1 heterocycles. The number of hydrogen-bond donors (Lipinski definition) is 1. The number of sulfone groups is 1. The third kappa shape index (κ3) is 6.56. The van der Waals surface area contributed by atoms with Crippen molar-refractivity contribution in [3.8, 4) is 0 Å². The van der Waals surface area contributed by atoms with Crippen LogP contribution < -0.4 is 5.32 Å². The van der Waals surface area contributed by atoms with Crippen molar-refractivity contribution in [1.29, 1.82) is 0 Å². The Bertz CT molecular complexity index is 926. The first-order valence-electron chi connectivity index (χ1n) is 11.1. The van der Waals surface area contributed by atoms with E-state index < -0.39 is 22.4 Å². The average Bonchev–Trinajstić information content (AvgIpc) is 3.13. The Balaban J connectivity index is 1.54. The predicted molar refractivity (Wildman–Crippen MR) is 121 cm³/mol. The van der Waals surface area contributed by atoms with E-state index >= 15 is 0 Å². The van der Waals surface area contributed by atoms with Crippen LogP contribution in [0, 0.1) is 0 Å². The van der Waals surface area contributed by atoms with E-state index in [1.54, 1.807) is 19.1 Å². The first-order valence-corrected chi connectivity index (χ1v) is 12.9. The summed E-state index contributed by atoms with van der Waals surface area (Å²) in [7, 11) is -3.10. The van der Waals surface area contributed by atoms with Gasteiger partial charge in [0.2, 0.25) is 0 Å². The number of nitrogens with one attached hydrogen (secondary N) is 1. The Morgan fingerprint density at radius 3 is 2.71 bits per heavy atom. The highest BCUT2D eigenvalue weighted by atomic mass is 32.2. The molecule has 0 spiro atoms. The number of hydrogen-bond acceptors (Lipinski definition) is 6. The van der Waals surface area contributed by atoms with Gasteiger partial charge in [-0.15, -0.1) is 0 Å². The van der Waals surface area contributed by atoms with E-state index in [4.69, 9.17) is 4.74 Å². The van der Waals surface area contributed by atoms with E-state index in [0.29, 0.717) is 24.2 Å². The van der Waals surface area contributed by atoms with Gasteiger partial charge < -0.3 is 15.0 Å². The molecule has 1 aromatic carbocycles. The SMILES string of the molecule is CCN(C(=O)COC(=O)c1ccccc1NCCC1=CCCCC1)C1CCS(=O)(=O)C1. The second-order valence-electron chi connectivity index (χ2n) is 8.14. The van der Waals surface area contributed by atoms with Crippen LogP contribution in [-0.4, -0.2) is 62.4 Å². The molecule has 3 rings (SSSR count). The zero-order chi connectivity index (χ0) is 22.3. The van der Waals surface area contributed by atoms with Crippen molar-refractivity contribution in [2.75, 3.05) is 36.5 Å². The summed E-state index contributed by atoms with van der Waals surface area (Å²) in [5.74, 6) is -0.864. The number of esters is 1. The smallest absolute Gasteiger partial charge is 0.340 e. The molecule has 8 heteroatoms. The molecule has 1 aliphatic carbocycles. The molecule has 0 aromatic heterocycles. The summed E-state index contributed by atoms with van der Waals surface area (Å²) >= 11 is 0. The van der Waals surface area contributed by atoms with Gasteiger partial charge >= 0.3 is 5.97 Å². The van der Waals surface area contributed by atoms with E-state index in [1.165, 1.54) is 23.3 Å². The second kappa shape index (κ2) is 10.8.